The molecule has 82 valence electrons. The van der Waals surface area contributed by atoms with E-state index in [1.165, 1.54) is 12.2 Å². The van der Waals surface area contributed by atoms with Gasteiger partial charge in [0.15, 0.2) is 5.17 Å². The second kappa shape index (κ2) is 6.30. The number of thioether (sulfide) groups is 1. The normalized spacial score (nSPS) is 25.4. The second-order valence-electron chi connectivity index (χ2n) is 3.79. The molecule has 4 heteroatoms. The molecule has 0 saturated carbocycles. The number of nitrogens with one attached hydrogen (secondary N) is 1. The van der Waals surface area contributed by atoms with E-state index in [1.807, 2.05) is 25.6 Å². The SMILES string of the molecule is CC1CCSC(=NCCOC(C)C)N1. The third-order valence-electron chi connectivity index (χ3n) is 1.96. The van der Waals surface area contributed by atoms with Gasteiger partial charge in [0.25, 0.3) is 0 Å². The first-order valence-corrected chi connectivity index (χ1v) is 6.22. The first-order chi connectivity index (χ1) is 6.68. The van der Waals surface area contributed by atoms with Gasteiger partial charge in [-0.05, 0) is 27.2 Å². The van der Waals surface area contributed by atoms with Crippen LogP contribution >= 0.6 is 11.8 Å². The maximum Gasteiger partial charge on any atom is 0.156 e. The summed E-state index contributed by atoms with van der Waals surface area (Å²) >= 11 is 1.81. The van der Waals surface area contributed by atoms with Crippen molar-refractivity contribution < 1.29 is 4.74 Å². The fourth-order valence-electron chi connectivity index (χ4n) is 1.18. The highest BCUT2D eigenvalue weighted by molar-refractivity contribution is 8.13. The largest absolute Gasteiger partial charge is 0.377 e. The van der Waals surface area contributed by atoms with Gasteiger partial charge in [0.2, 0.25) is 0 Å². The number of aliphatic imine (C=N–C) groups is 1. The van der Waals surface area contributed by atoms with Crippen molar-refractivity contribution in [2.75, 3.05) is 18.9 Å². The van der Waals surface area contributed by atoms with E-state index in [0.29, 0.717) is 12.1 Å². The highest BCUT2D eigenvalue weighted by Gasteiger charge is 2.12. The van der Waals surface area contributed by atoms with Crippen molar-refractivity contribution in [2.24, 2.45) is 4.99 Å². The Morgan fingerprint density at radius 1 is 1.64 bits per heavy atom. The minimum Gasteiger partial charge on any atom is -0.377 e. The Kier molecular flexibility index (Phi) is 5.33. The standard InChI is InChI=1S/C10H20N2OS/c1-8(2)13-6-5-11-10-12-9(3)4-7-14-10/h8-9H,4-7H2,1-3H3,(H,11,12). The fraction of sp³-hybridized carbons (Fsp3) is 0.900. The molecule has 0 aromatic rings. The van der Waals surface area contributed by atoms with Gasteiger partial charge in [-0.25, -0.2) is 0 Å². The molecule has 0 bridgehead atoms. The van der Waals surface area contributed by atoms with E-state index in [-0.39, 0.29) is 0 Å². The maximum absolute atomic E-state index is 5.42. The van der Waals surface area contributed by atoms with Crippen molar-refractivity contribution in [2.45, 2.75) is 39.3 Å². The number of hydrogen-bond acceptors (Lipinski definition) is 3. The van der Waals surface area contributed by atoms with E-state index in [0.717, 1.165) is 18.3 Å². The molecule has 0 aromatic heterocycles. The zero-order chi connectivity index (χ0) is 10.4. The molecule has 3 nitrogen and oxygen atoms in total. The van der Waals surface area contributed by atoms with Crippen LogP contribution in [0.4, 0.5) is 0 Å². The van der Waals surface area contributed by atoms with Crippen LogP contribution in [-0.4, -0.2) is 36.2 Å². The molecular weight excluding hydrogens is 196 g/mol. The zero-order valence-corrected chi connectivity index (χ0v) is 10.1. The lowest BCUT2D eigenvalue weighted by molar-refractivity contribution is 0.0853. The van der Waals surface area contributed by atoms with Crippen LogP contribution in [0.3, 0.4) is 0 Å². The predicted octanol–water partition coefficient (Wildman–Crippen LogP) is 1.88. The molecule has 1 atom stereocenters. The predicted molar refractivity (Wildman–Crippen MR) is 63.1 cm³/mol. The number of hydrogen-bond donors (Lipinski definition) is 1. The van der Waals surface area contributed by atoms with Crippen LogP contribution in [0, 0.1) is 0 Å². The Bertz CT molecular complexity index is 195. The van der Waals surface area contributed by atoms with Gasteiger partial charge in [0.1, 0.15) is 0 Å². The molecule has 1 heterocycles. The lowest BCUT2D eigenvalue weighted by Crippen LogP contribution is -2.35. The Morgan fingerprint density at radius 2 is 2.43 bits per heavy atom. The molecule has 0 amide bonds. The van der Waals surface area contributed by atoms with Crippen LogP contribution in [0.25, 0.3) is 0 Å². The molecule has 1 N–H and O–H groups in total. The summed E-state index contributed by atoms with van der Waals surface area (Å²) < 4.78 is 5.42. The molecule has 1 saturated heterocycles. The van der Waals surface area contributed by atoms with Crippen LogP contribution < -0.4 is 5.32 Å². The molecule has 0 spiro atoms. The zero-order valence-electron chi connectivity index (χ0n) is 9.25. The first-order valence-electron chi connectivity index (χ1n) is 5.24. The lowest BCUT2D eigenvalue weighted by atomic mass is 10.3. The molecule has 0 aliphatic carbocycles. The van der Waals surface area contributed by atoms with Crippen molar-refractivity contribution in [3.63, 3.8) is 0 Å². The quantitative estimate of drug-likeness (QED) is 0.729. The number of amidine groups is 1. The van der Waals surface area contributed by atoms with Crippen LogP contribution in [0.5, 0.6) is 0 Å². The van der Waals surface area contributed by atoms with E-state index in [4.69, 9.17) is 4.74 Å². The summed E-state index contributed by atoms with van der Waals surface area (Å²) in [6.45, 7) is 7.77. The first kappa shape index (κ1) is 11.9. The van der Waals surface area contributed by atoms with Crippen LogP contribution in [0.15, 0.2) is 4.99 Å². The third kappa shape index (κ3) is 4.86. The highest BCUT2D eigenvalue weighted by atomic mass is 32.2. The van der Waals surface area contributed by atoms with Crippen LogP contribution in [0.1, 0.15) is 27.2 Å². The topological polar surface area (TPSA) is 33.6 Å². The van der Waals surface area contributed by atoms with E-state index in [9.17, 15) is 0 Å². The number of rotatable bonds is 4. The molecule has 1 aliphatic rings. The summed E-state index contributed by atoms with van der Waals surface area (Å²) in [5.74, 6) is 1.18. The van der Waals surface area contributed by atoms with Crippen LogP contribution in [0.2, 0.25) is 0 Å². The molecule has 1 aliphatic heterocycles. The maximum atomic E-state index is 5.42. The van der Waals surface area contributed by atoms with Crippen molar-refractivity contribution >= 4 is 16.9 Å². The van der Waals surface area contributed by atoms with E-state index in [1.54, 1.807) is 0 Å². The van der Waals surface area contributed by atoms with Crippen molar-refractivity contribution in [1.29, 1.82) is 0 Å². The van der Waals surface area contributed by atoms with Crippen LogP contribution in [-0.2, 0) is 4.74 Å². The van der Waals surface area contributed by atoms with E-state index >= 15 is 0 Å². The van der Waals surface area contributed by atoms with Gasteiger partial charge in [-0.1, -0.05) is 11.8 Å². The number of ether oxygens (including phenoxy) is 1. The monoisotopic (exact) mass is 216 g/mol. The van der Waals surface area contributed by atoms with Gasteiger partial charge in [-0.15, -0.1) is 0 Å². The van der Waals surface area contributed by atoms with E-state index < -0.39 is 0 Å². The lowest BCUT2D eigenvalue weighted by Gasteiger charge is -2.21. The van der Waals surface area contributed by atoms with Gasteiger partial charge in [0.05, 0.1) is 19.3 Å². The van der Waals surface area contributed by atoms with Gasteiger partial charge in [-0.3, -0.25) is 4.99 Å². The summed E-state index contributed by atoms with van der Waals surface area (Å²) in [6.07, 6.45) is 1.53. The molecule has 1 rings (SSSR count). The summed E-state index contributed by atoms with van der Waals surface area (Å²) in [7, 11) is 0. The second-order valence-corrected chi connectivity index (χ2v) is 4.87. The molecule has 0 radical (unpaired) electrons. The van der Waals surface area contributed by atoms with E-state index in [2.05, 4.69) is 17.2 Å². The van der Waals surface area contributed by atoms with Gasteiger partial charge >= 0.3 is 0 Å². The minimum absolute atomic E-state index is 0.307. The summed E-state index contributed by atoms with van der Waals surface area (Å²) in [5.41, 5.74) is 0. The summed E-state index contributed by atoms with van der Waals surface area (Å²) in [6, 6.07) is 0.570. The fourth-order valence-corrected chi connectivity index (χ4v) is 2.32. The number of nitrogens with zero attached hydrogens (tertiary/aromatic N) is 1. The van der Waals surface area contributed by atoms with Gasteiger partial charge < -0.3 is 10.1 Å². The Labute approximate surface area is 90.7 Å². The summed E-state index contributed by atoms with van der Waals surface area (Å²) in [4.78, 5) is 4.45. The van der Waals surface area contributed by atoms with Crippen molar-refractivity contribution in [3.05, 3.63) is 0 Å². The molecule has 1 unspecified atom stereocenters. The van der Waals surface area contributed by atoms with Gasteiger partial charge in [-0.2, -0.15) is 0 Å². The highest BCUT2D eigenvalue weighted by Crippen LogP contribution is 2.13. The van der Waals surface area contributed by atoms with Gasteiger partial charge in [0, 0.05) is 11.8 Å². The smallest absolute Gasteiger partial charge is 0.156 e. The Morgan fingerprint density at radius 3 is 3.07 bits per heavy atom. The Hall–Kier alpha value is -0.220. The average molecular weight is 216 g/mol. The molecule has 1 fully saturated rings. The van der Waals surface area contributed by atoms with Crippen molar-refractivity contribution in [3.8, 4) is 0 Å². The Balaban J connectivity index is 2.16. The molecular formula is C10H20N2OS. The minimum atomic E-state index is 0.307. The third-order valence-corrected chi connectivity index (χ3v) is 2.92. The summed E-state index contributed by atoms with van der Waals surface area (Å²) in [5, 5.41) is 4.44. The molecule has 0 aromatic carbocycles. The van der Waals surface area contributed by atoms with Crippen molar-refractivity contribution in [1.82, 2.24) is 5.32 Å². The molecule has 14 heavy (non-hydrogen) atoms. The average Bonchev–Trinajstić information content (AvgIpc) is 2.12.